The molecule has 0 bridgehead atoms. The molecule has 0 amide bonds. The van der Waals surface area contributed by atoms with Crippen LogP contribution in [-0.2, 0) is 6.54 Å². The summed E-state index contributed by atoms with van der Waals surface area (Å²) in [6.07, 6.45) is -1.03. The summed E-state index contributed by atoms with van der Waals surface area (Å²) in [7, 11) is 0. The van der Waals surface area contributed by atoms with Crippen molar-refractivity contribution in [1.82, 2.24) is 9.88 Å². The van der Waals surface area contributed by atoms with E-state index in [4.69, 9.17) is 4.42 Å². The number of aromatic nitrogens is 1. The maximum absolute atomic E-state index is 13.8. The van der Waals surface area contributed by atoms with Crippen molar-refractivity contribution in [1.29, 1.82) is 0 Å². The maximum Gasteiger partial charge on any atom is 0.229 e. The number of likely N-dealkylation sites (tertiary alicyclic amines) is 1. The summed E-state index contributed by atoms with van der Waals surface area (Å²) in [5, 5.41) is 19.3. The number of aliphatic hydroxyl groups excluding tert-OH is 2. The Labute approximate surface area is 132 Å². The van der Waals surface area contributed by atoms with E-state index in [1.54, 1.807) is 6.92 Å². The van der Waals surface area contributed by atoms with Crippen molar-refractivity contribution in [2.45, 2.75) is 32.1 Å². The fourth-order valence-corrected chi connectivity index (χ4v) is 2.70. The molecule has 0 aliphatic carbocycles. The van der Waals surface area contributed by atoms with Crippen LogP contribution in [-0.4, -0.2) is 45.4 Å². The molecule has 2 N–H and O–H groups in total. The second kappa shape index (κ2) is 6.35. The third kappa shape index (κ3) is 3.26. The Kier molecular flexibility index (Phi) is 4.43. The summed E-state index contributed by atoms with van der Waals surface area (Å²) in [6.45, 7) is 3.07. The fraction of sp³-hybridized carbons (Fsp3) is 0.438. The highest BCUT2D eigenvalue weighted by Gasteiger charge is 2.27. The topological polar surface area (TPSA) is 69.7 Å². The monoisotopic (exact) mass is 324 g/mol. The first-order valence-electron chi connectivity index (χ1n) is 7.45. The van der Waals surface area contributed by atoms with Crippen molar-refractivity contribution in [2.24, 2.45) is 0 Å². The van der Waals surface area contributed by atoms with Crippen LogP contribution in [0.4, 0.5) is 8.78 Å². The summed E-state index contributed by atoms with van der Waals surface area (Å²) in [6, 6.07) is 3.85. The van der Waals surface area contributed by atoms with E-state index in [0.29, 0.717) is 37.5 Å². The van der Waals surface area contributed by atoms with Crippen LogP contribution in [0, 0.1) is 18.6 Å². The number of aryl methyl sites for hydroxylation is 1. The first-order chi connectivity index (χ1) is 11.0. The van der Waals surface area contributed by atoms with Gasteiger partial charge in [0.05, 0.1) is 23.5 Å². The SMILES string of the molecule is Cc1oc(-c2cccc(F)c2F)nc1CN1CCC(O)C(O)C1. The summed E-state index contributed by atoms with van der Waals surface area (Å²) in [5.41, 5.74) is 0.584. The number of β-amino-alcohol motifs (C(OH)–C–C–N with tert-alkyl or cyclic N) is 1. The second-order valence-electron chi connectivity index (χ2n) is 5.78. The van der Waals surface area contributed by atoms with Gasteiger partial charge in [0.25, 0.3) is 0 Å². The molecule has 7 heteroatoms. The second-order valence-corrected chi connectivity index (χ2v) is 5.78. The Morgan fingerprint density at radius 2 is 2.09 bits per heavy atom. The van der Waals surface area contributed by atoms with E-state index in [0.717, 1.165) is 6.07 Å². The molecule has 2 aromatic rings. The van der Waals surface area contributed by atoms with Crippen molar-refractivity contribution in [3.8, 4) is 11.5 Å². The Morgan fingerprint density at radius 1 is 1.30 bits per heavy atom. The largest absolute Gasteiger partial charge is 0.441 e. The molecule has 1 aromatic carbocycles. The molecule has 1 saturated heterocycles. The van der Waals surface area contributed by atoms with Crippen LogP contribution in [0.3, 0.4) is 0 Å². The zero-order chi connectivity index (χ0) is 16.6. The predicted octanol–water partition coefficient (Wildman–Crippen LogP) is 1.86. The van der Waals surface area contributed by atoms with Gasteiger partial charge in [0.1, 0.15) is 5.76 Å². The van der Waals surface area contributed by atoms with Crippen LogP contribution in [0.5, 0.6) is 0 Å². The molecule has 2 unspecified atom stereocenters. The standard InChI is InChI=1S/C16H18F2N2O3/c1-9-12(7-20-6-5-13(21)14(22)8-20)19-16(23-9)10-3-2-4-11(17)15(10)18/h2-4,13-14,21-22H,5-8H2,1H3. The molecule has 3 rings (SSSR count). The third-order valence-corrected chi connectivity index (χ3v) is 4.08. The molecular formula is C16H18F2N2O3. The van der Waals surface area contributed by atoms with Gasteiger partial charge in [0, 0.05) is 19.6 Å². The van der Waals surface area contributed by atoms with Crippen LogP contribution >= 0.6 is 0 Å². The highest BCUT2D eigenvalue weighted by atomic mass is 19.2. The molecule has 5 nitrogen and oxygen atoms in total. The lowest BCUT2D eigenvalue weighted by Crippen LogP contribution is -2.46. The van der Waals surface area contributed by atoms with E-state index in [-0.39, 0.29) is 11.5 Å². The van der Waals surface area contributed by atoms with Crippen LogP contribution < -0.4 is 0 Å². The lowest BCUT2D eigenvalue weighted by Gasteiger charge is -2.32. The van der Waals surface area contributed by atoms with Gasteiger partial charge >= 0.3 is 0 Å². The zero-order valence-corrected chi connectivity index (χ0v) is 12.7. The van der Waals surface area contributed by atoms with Gasteiger partial charge in [-0.1, -0.05) is 6.07 Å². The van der Waals surface area contributed by atoms with E-state index >= 15 is 0 Å². The molecule has 0 spiro atoms. The molecule has 124 valence electrons. The normalized spacial score (nSPS) is 22.5. The Balaban J connectivity index is 1.80. The summed E-state index contributed by atoms with van der Waals surface area (Å²) >= 11 is 0. The Morgan fingerprint density at radius 3 is 2.83 bits per heavy atom. The van der Waals surface area contributed by atoms with Crippen molar-refractivity contribution >= 4 is 0 Å². The lowest BCUT2D eigenvalue weighted by molar-refractivity contribution is -0.0406. The van der Waals surface area contributed by atoms with Crippen LogP contribution in [0.15, 0.2) is 22.6 Å². The van der Waals surface area contributed by atoms with Crippen LogP contribution in [0.2, 0.25) is 0 Å². The van der Waals surface area contributed by atoms with E-state index in [2.05, 4.69) is 4.98 Å². The minimum Gasteiger partial charge on any atom is -0.441 e. The number of benzene rings is 1. The van der Waals surface area contributed by atoms with E-state index in [9.17, 15) is 19.0 Å². The van der Waals surface area contributed by atoms with E-state index in [1.807, 2.05) is 4.90 Å². The Bertz CT molecular complexity index is 705. The molecule has 23 heavy (non-hydrogen) atoms. The molecule has 2 atom stereocenters. The van der Waals surface area contributed by atoms with Crippen molar-refractivity contribution in [3.63, 3.8) is 0 Å². The minimum atomic E-state index is -0.989. The highest BCUT2D eigenvalue weighted by molar-refractivity contribution is 5.54. The molecule has 0 radical (unpaired) electrons. The van der Waals surface area contributed by atoms with Gasteiger partial charge in [-0.3, -0.25) is 4.90 Å². The van der Waals surface area contributed by atoms with Gasteiger partial charge in [0.2, 0.25) is 5.89 Å². The number of rotatable bonds is 3. The van der Waals surface area contributed by atoms with Gasteiger partial charge in [0.15, 0.2) is 11.6 Å². The molecule has 2 heterocycles. The quantitative estimate of drug-likeness (QED) is 0.902. The predicted molar refractivity (Wildman–Crippen MR) is 78.5 cm³/mol. The van der Waals surface area contributed by atoms with Crippen LogP contribution in [0.1, 0.15) is 17.9 Å². The minimum absolute atomic E-state index is 0.0200. The summed E-state index contributed by atoms with van der Waals surface area (Å²) < 4.78 is 32.6. The smallest absolute Gasteiger partial charge is 0.229 e. The van der Waals surface area contributed by atoms with Gasteiger partial charge < -0.3 is 14.6 Å². The first kappa shape index (κ1) is 16.0. The van der Waals surface area contributed by atoms with E-state index < -0.39 is 23.8 Å². The molecule has 1 fully saturated rings. The van der Waals surface area contributed by atoms with Gasteiger partial charge in [-0.05, 0) is 25.5 Å². The molecule has 1 aromatic heterocycles. The number of aliphatic hydroxyl groups is 2. The summed E-state index contributed by atoms with van der Waals surface area (Å²) in [4.78, 5) is 6.20. The first-order valence-corrected chi connectivity index (χ1v) is 7.45. The highest BCUT2D eigenvalue weighted by Crippen LogP contribution is 2.26. The van der Waals surface area contributed by atoms with Gasteiger partial charge in [-0.25, -0.2) is 13.8 Å². The number of hydrogen-bond acceptors (Lipinski definition) is 5. The molecule has 0 saturated carbocycles. The molecule has 1 aliphatic heterocycles. The number of oxazole rings is 1. The molecular weight excluding hydrogens is 306 g/mol. The number of hydrogen-bond donors (Lipinski definition) is 2. The van der Waals surface area contributed by atoms with E-state index in [1.165, 1.54) is 12.1 Å². The fourth-order valence-electron chi connectivity index (χ4n) is 2.70. The zero-order valence-electron chi connectivity index (χ0n) is 12.7. The van der Waals surface area contributed by atoms with Gasteiger partial charge in [-0.2, -0.15) is 0 Å². The van der Waals surface area contributed by atoms with Crippen molar-refractivity contribution in [3.05, 3.63) is 41.3 Å². The Hall–Kier alpha value is -1.83. The summed E-state index contributed by atoms with van der Waals surface area (Å²) in [5.74, 6) is -1.39. The van der Waals surface area contributed by atoms with Crippen LogP contribution in [0.25, 0.3) is 11.5 Å². The van der Waals surface area contributed by atoms with Crippen molar-refractivity contribution in [2.75, 3.05) is 13.1 Å². The number of nitrogens with zero attached hydrogens (tertiary/aromatic N) is 2. The lowest BCUT2D eigenvalue weighted by atomic mass is 10.1. The number of halogens is 2. The average molecular weight is 324 g/mol. The van der Waals surface area contributed by atoms with Gasteiger partial charge in [-0.15, -0.1) is 0 Å². The average Bonchev–Trinajstić information content (AvgIpc) is 2.87. The maximum atomic E-state index is 13.8. The molecule has 1 aliphatic rings. The number of piperidine rings is 1. The van der Waals surface area contributed by atoms with Crippen molar-refractivity contribution < 1.29 is 23.4 Å². The third-order valence-electron chi connectivity index (χ3n) is 4.08.